The number of nitrogens with one attached hydrogen (secondary N) is 1. The maximum Gasteiger partial charge on any atom is 0.338 e. The van der Waals surface area contributed by atoms with Gasteiger partial charge in [-0.15, -0.1) is 0 Å². The third-order valence-electron chi connectivity index (χ3n) is 7.02. The van der Waals surface area contributed by atoms with E-state index in [1.54, 1.807) is 27.2 Å². The maximum atomic E-state index is 13.7. The van der Waals surface area contributed by atoms with Crippen molar-refractivity contribution in [1.29, 1.82) is 0 Å². The Labute approximate surface area is 238 Å². The molecule has 0 saturated carbocycles. The first-order valence-corrected chi connectivity index (χ1v) is 14.1. The summed E-state index contributed by atoms with van der Waals surface area (Å²) in [5.41, 5.74) is 3.32. The predicted octanol–water partition coefficient (Wildman–Crippen LogP) is 4.71. The van der Waals surface area contributed by atoms with Crippen molar-refractivity contribution >= 4 is 28.8 Å². The molecule has 3 aliphatic rings. The van der Waals surface area contributed by atoms with Crippen LogP contribution in [0.3, 0.4) is 0 Å². The lowest BCUT2D eigenvalue weighted by atomic mass is 9.93. The molecule has 0 spiro atoms. The number of hydrogen-bond acceptors (Lipinski definition) is 9. The molecule has 2 atom stereocenters. The van der Waals surface area contributed by atoms with Gasteiger partial charge in [0, 0.05) is 24.9 Å². The fraction of sp³-hybridized carbons (Fsp3) is 0.367. The summed E-state index contributed by atoms with van der Waals surface area (Å²) in [7, 11) is 3.16. The highest BCUT2D eigenvalue weighted by Crippen LogP contribution is 2.46. The summed E-state index contributed by atoms with van der Waals surface area (Å²) in [6.45, 7) is 3.15. The van der Waals surface area contributed by atoms with Gasteiger partial charge in [0.05, 0.1) is 44.1 Å². The number of methoxy groups -OCH3 is 2. The molecule has 9 nitrogen and oxygen atoms in total. The van der Waals surface area contributed by atoms with Crippen molar-refractivity contribution in [3.63, 3.8) is 0 Å². The molecule has 1 fully saturated rings. The second-order valence-electron chi connectivity index (χ2n) is 9.72. The van der Waals surface area contributed by atoms with Gasteiger partial charge in [-0.3, -0.25) is 4.79 Å². The number of carbonyl (C=O) groups is 2. The lowest BCUT2D eigenvalue weighted by Gasteiger charge is -2.36. The van der Waals surface area contributed by atoms with Crippen molar-refractivity contribution in [3.05, 3.63) is 82.0 Å². The van der Waals surface area contributed by atoms with E-state index in [9.17, 15) is 9.59 Å². The summed E-state index contributed by atoms with van der Waals surface area (Å²) in [6.07, 6.45) is 2.13. The second kappa shape index (κ2) is 12.6. The van der Waals surface area contributed by atoms with Gasteiger partial charge in [-0.25, -0.2) is 9.79 Å². The van der Waals surface area contributed by atoms with Gasteiger partial charge in [-0.05, 0) is 48.4 Å². The number of amidine groups is 1. The van der Waals surface area contributed by atoms with Crippen molar-refractivity contribution in [2.24, 2.45) is 4.99 Å². The van der Waals surface area contributed by atoms with E-state index in [0.29, 0.717) is 34.5 Å². The summed E-state index contributed by atoms with van der Waals surface area (Å²) in [4.78, 5) is 33.4. The normalized spacial score (nSPS) is 20.0. The number of benzene rings is 2. The van der Waals surface area contributed by atoms with E-state index in [0.717, 1.165) is 36.3 Å². The quantitative estimate of drug-likeness (QED) is 0.415. The minimum atomic E-state index is -0.605. The molecule has 1 amide bonds. The molecule has 1 saturated heterocycles. The molecule has 1 N–H and O–H groups in total. The minimum Gasteiger partial charge on any atom is -0.497 e. The van der Waals surface area contributed by atoms with Crippen LogP contribution in [0.15, 0.2) is 75.9 Å². The first-order valence-electron chi connectivity index (χ1n) is 13.2. The van der Waals surface area contributed by atoms with Gasteiger partial charge < -0.3 is 29.2 Å². The lowest BCUT2D eigenvalue weighted by Crippen LogP contribution is -2.38. The summed E-state index contributed by atoms with van der Waals surface area (Å²) >= 11 is 1.43. The summed E-state index contributed by atoms with van der Waals surface area (Å²) in [6, 6.07) is 14.4. The molecular weight excluding hydrogens is 530 g/mol. The monoisotopic (exact) mass is 563 g/mol. The van der Waals surface area contributed by atoms with Crippen LogP contribution < -0.4 is 14.8 Å². The van der Waals surface area contributed by atoms with Crippen molar-refractivity contribution in [2.45, 2.75) is 44.9 Å². The van der Waals surface area contributed by atoms with Crippen LogP contribution >= 0.6 is 11.8 Å². The molecule has 3 heterocycles. The van der Waals surface area contributed by atoms with Gasteiger partial charge in [-0.2, -0.15) is 0 Å². The van der Waals surface area contributed by atoms with E-state index in [2.05, 4.69) is 5.32 Å². The number of ether oxygens (including phenoxy) is 4. The van der Waals surface area contributed by atoms with Crippen LogP contribution in [-0.2, 0) is 25.7 Å². The fourth-order valence-electron chi connectivity index (χ4n) is 4.99. The average molecular weight is 564 g/mol. The van der Waals surface area contributed by atoms with E-state index < -0.39 is 12.0 Å². The number of thioether (sulfide) groups is 1. The third kappa shape index (κ3) is 6.18. The summed E-state index contributed by atoms with van der Waals surface area (Å²) < 4.78 is 22.5. The number of nitrogens with zero attached hydrogens (tertiary/aromatic N) is 2. The average Bonchev–Trinajstić information content (AvgIpc) is 3.64. The van der Waals surface area contributed by atoms with E-state index in [-0.39, 0.29) is 25.0 Å². The molecule has 0 unspecified atom stereocenters. The number of aliphatic imine (C=N–C) groups is 1. The van der Waals surface area contributed by atoms with Crippen LogP contribution in [0.1, 0.15) is 43.4 Å². The number of fused-ring (bicyclic) bond motifs is 1. The summed E-state index contributed by atoms with van der Waals surface area (Å²) in [5, 5.41) is 5.60. The maximum absolute atomic E-state index is 13.7. The highest BCUT2D eigenvalue weighted by molar-refractivity contribution is 8.16. The van der Waals surface area contributed by atoms with Crippen molar-refractivity contribution in [1.82, 2.24) is 10.2 Å². The van der Waals surface area contributed by atoms with Crippen LogP contribution in [0, 0.1) is 0 Å². The minimum absolute atomic E-state index is 0.0524. The van der Waals surface area contributed by atoms with Gasteiger partial charge in [0.15, 0.2) is 5.17 Å². The van der Waals surface area contributed by atoms with Gasteiger partial charge in [0.1, 0.15) is 18.1 Å². The van der Waals surface area contributed by atoms with Gasteiger partial charge in [-0.1, -0.05) is 42.1 Å². The number of allylic oxidation sites excluding steroid dienone is 1. The van der Waals surface area contributed by atoms with Crippen molar-refractivity contribution in [3.8, 4) is 11.5 Å². The Balaban J connectivity index is 1.45. The standard InChI is InChI=1S/C30H33N3O6S/c1-19-27(29(35)39-17-20-8-5-4-6-9-20)28(21-12-24(36-2)15-25(13-21)37-3)33-22(18-40-30(33)32-19)14-26(34)31-16-23-10-7-11-38-23/h4-6,8-9,12-13,15,18,23,28H,7,10-11,14,16-17H2,1-3H3,(H,31,34)/t23-,28+/m1/s1. The largest absolute Gasteiger partial charge is 0.497 e. The molecule has 0 bridgehead atoms. The van der Waals surface area contributed by atoms with E-state index in [4.69, 9.17) is 23.9 Å². The molecule has 40 heavy (non-hydrogen) atoms. The first kappa shape index (κ1) is 27.8. The van der Waals surface area contributed by atoms with E-state index >= 15 is 0 Å². The third-order valence-corrected chi connectivity index (χ3v) is 7.90. The molecule has 10 heteroatoms. The molecule has 0 aliphatic carbocycles. The molecule has 0 radical (unpaired) electrons. The van der Waals surface area contributed by atoms with E-state index in [1.165, 1.54) is 11.8 Å². The fourth-order valence-corrected chi connectivity index (χ4v) is 5.96. The Morgan fingerprint density at radius 1 is 1.12 bits per heavy atom. The molecule has 2 aromatic carbocycles. The molecule has 3 aliphatic heterocycles. The van der Waals surface area contributed by atoms with Gasteiger partial charge >= 0.3 is 5.97 Å². The Bertz CT molecular complexity index is 1330. The Morgan fingerprint density at radius 2 is 1.88 bits per heavy atom. The molecular formula is C30H33N3O6S. The zero-order valence-corrected chi connectivity index (χ0v) is 23.7. The van der Waals surface area contributed by atoms with Crippen LogP contribution in [0.5, 0.6) is 11.5 Å². The first-order chi connectivity index (χ1) is 19.5. The number of amides is 1. The van der Waals surface area contributed by atoms with Crippen LogP contribution in [0.4, 0.5) is 0 Å². The lowest BCUT2D eigenvalue weighted by molar-refractivity contribution is -0.141. The number of carbonyl (C=O) groups excluding carboxylic acids is 2. The highest BCUT2D eigenvalue weighted by atomic mass is 32.2. The van der Waals surface area contributed by atoms with Crippen LogP contribution in [0.25, 0.3) is 0 Å². The topological polar surface area (TPSA) is 98.7 Å². The zero-order chi connectivity index (χ0) is 28.1. The highest BCUT2D eigenvalue weighted by Gasteiger charge is 2.41. The van der Waals surface area contributed by atoms with Crippen LogP contribution in [-0.4, -0.2) is 55.4 Å². The van der Waals surface area contributed by atoms with Gasteiger partial charge in [0.25, 0.3) is 0 Å². The molecule has 2 aromatic rings. The number of hydrogen-bond donors (Lipinski definition) is 1. The van der Waals surface area contributed by atoms with E-state index in [1.807, 2.05) is 52.8 Å². The number of rotatable bonds is 10. The number of esters is 1. The van der Waals surface area contributed by atoms with Crippen molar-refractivity contribution in [2.75, 3.05) is 27.4 Å². The zero-order valence-electron chi connectivity index (χ0n) is 22.8. The molecule has 5 rings (SSSR count). The van der Waals surface area contributed by atoms with Crippen LogP contribution in [0.2, 0.25) is 0 Å². The smallest absolute Gasteiger partial charge is 0.338 e. The van der Waals surface area contributed by atoms with Crippen molar-refractivity contribution < 1.29 is 28.5 Å². The molecule has 210 valence electrons. The Kier molecular flexibility index (Phi) is 8.76. The second-order valence-corrected chi connectivity index (χ2v) is 10.6. The molecule has 0 aromatic heterocycles. The Morgan fingerprint density at radius 3 is 2.55 bits per heavy atom. The summed E-state index contributed by atoms with van der Waals surface area (Å²) in [5.74, 6) is 0.569. The predicted molar refractivity (Wildman–Crippen MR) is 153 cm³/mol. The van der Waals surface area contributed by atoms with Gasteiger partial charge in [0.2, 0.25) is 5.91 Å². The SMILES string of the molecule is COc1cc(OC)cc([C@H]2C(C(=O)OCc3ccccc3)=C(C)N=C3SC=C(CC(=O)NC[C@H]4CCCO4)N32)c1. The Hall–Kier alpha value is -3.76.